The minimum atomic E-state index is -3.57. The van der Waals surface area contributed by atoms with Gasteiger partial charge in [-0.1, -0.05) is 32.0 Å². The number of hydrogen-bond donors (Lipinski definition) is 1. The average molecular weight is 414 g/mol. The zero-order valence-electron chi connectivity index (χ0n) is 16.4. The lowest BCUT2D eigenvalue weighted by molar-refractivity contribution is 0.445. The summed E-state index contributed by atoms with van der Waals surface area (Å²) >= 11 is 0. The van der Waals surface area contributed by atoms with Gasteiger partial charge in [-0.3, -0.25) is 5.43 Å². The van der Waals surface area contributed by atoms with E-state index in [0.717, 1.165) is 5.39 Å². The predicted molar refractivity (Wildman–Crippen MR) is 113 cm³/mol. The van der Waals surface area contributed by atoms with Crippen molar-refractivity contribution in [3.05, 3.63) is 64.6 Å². The molecule has 2 heterocycles. The van der Waals surface area contributed by atoms with Crippen LogP contribution in [0.15, 0.2) is 67.9 Å². The summed E-state index contributed by atoms with van der Waals surface area (Å²) in [5.74, 6) is 0.355. The number of para-hydroxylation sites is 1. The molecule has 8 nitrogen and oxygen atoms in total. The summed E-state index contributed by atoms with van der Waals surface area (Å²) in [6.07, 6.45) is 1.28. The van der Waals surface area contributed by atoms with Gasteiger partial charge in [0.15, 0.2) is 0 Å². The Morgan fingerprint density at radius 2 is 1.90 bits per heavy atom. The van der Waals surface area contributed by atoms with Crippen molar-refractivity contribution in [2.45, 2.75) is 25.7 Å². The van der Waals surface area contributed by atoms with E-state index in [1.54, 1.807) is 39.0 Å². The second-order valence-corrected chi connectivity index (χ2v) is 8.20. The van der Waals surface area contributed by atoms with Crippen LogP contribution in [0.4, 0.5) is 5.82 Å². The van der Waals surface area contributed by atoms with Crippen LogP contribution < -0.4 is 11.1 Å². The molecule has 152 valence electrons. The maximum absolute atomic E-state index is 12.5. The Morgan fingerprint density at radius 1 is 1.17 bits per heavy atom. The van der Waals surface area contributed by atoms with Crippen molar-refractivity contribution in [1.29, 1.82) is 0 Å². The zero-order chi connectivity index (χ0) is 21.0. The topological polar surface area (TPSA) is 105 Å². The zero-order valence-corrected chi connectivity index (χ0v) is 17.2. The van der Waals surface area contributed by atoms with Crippen LogP contribution in [0.25, 0.3) is 11.0 Å². The van der Waals surface area contributed by atoms with Crippen molar-refractivity contribution in [3.63, 3.8) is 0 Å². The Balaban J connectivity index is 1.81. The molecule has 1 aromatic carbocycles. The minimum absolute atomic E-state index is 0.114. The number of nitrogens with one attached hydrogen (secondary N) is 1. The highest BCUT2D eigenvalue weighted by Crippen LogP contribution is 2.16. The Morgan fingerprint density at radius 3 is 2.55 bits per heavy atom. The fourth-order valence-corrected chi connectivity index (χ4v) is 4.23. The first-order chi connectivity index (χ1) is 13.9. The largest absolute Gasteiger partial charge is 0.422 e. The van der Waals surface area contributed by atoms with Crippen molar-refractivity contribution in [1.82, 2.24) is 9.29 Å². The monoisotopic (exact) mass is 414 g/mol. The molecule has 3 aromatic rings. The van der Waals surface area contributed by atoms with Crippen LogP contribution in [0.5, 0.6) is 0 Å². The van der Waals surface area contributed by atoms with Gasteiger partial charge in [-0.15, -0.1) is 0 Å². The first-order valence-electron chi connectivity index (χ1n) is 9.16. The van der Waals surface area contributed by atoms with Gasteiger partial charge in [0, 0.05) is 24.7 Å². The summed E-state index contributed by atoms with van der Waals surface area (Å²) in [5.41, 5.74) is 3.52. The molecule has 0 saturated heterocycles. The van der Waals surface area contributed by atoms with Crippen molar-refractivity contribution in [2.75, 3.05) is 18.5 Å². The van der Waals surface area contributed by atoms with Crippen LogP contribution in [-0.4, -0.2) is 36.5 Å². The number of sulfonamides is 1. The number of rotatable bonds is 7. The first-order valence-corrected chi connectivity index (χ1v) is 10.6. The van der Waals surface area contributed by atoms with E-state index >= 15 is 0 Å². The summed E-state index contributed by atoms with van der Waals surface area (Å²) in [6.45, 7) is 6.01. The lowest BCUT2D eigenvalue weighted by atomic mass is 10.1. The van der Waals surface area contributed by atoms with Gasteiger partial charge in [0.1, 0.15) is 16.3 Å². The Labute approximate surface area is 168 Å². The molecule has 0 spiro atoms. The molecular formula is C20H22N4O4S. The van der Waals surface area contributed by atoms with Crippen LogP contribution in [-0.2, 0) is 10.0 Å². The van der Waals surface area contributed by atoms with E-state index in [0.29, 0.717) is 35.8 Å². The molecule has 0 aliphatic rings. The summed E-state index contributed by atoms with van der Waals surface area (Å²) in [7, 11) is -3.57. The molecule has 0 fully saturated rings. The van der Waals surface area contributed by atoms with Crippen LogP contribution in [0.3, 0.4) is 0 Å². The molecule has 0 saturated carbocycles. The van der Waals surface area contributed by atoms with E-state index < -0.39 is 15.6 Å². The second-order valence-electron chi connectivity index (χ2n) is 6.26. The highest BCUT2D eigenvalue weighted by Gasteiger charge is 2.21. The van der Waals surface area contributed by atoms with Crippen LogP contribution >= 0.6 is 0 Å². The number of anilines is 1. The third kappa shape index (κ3) is 4.36. The van der Waals surface area contributed by atoms with Gasteiger partial charge in [0.25, 0.3) is 0 Å². The van der Waals surface area contributed by atoms with E-state index in [1.165, 1.54) is 22.6 Å². The van der Waals surface area contributed by atoms with E-state index in [9.17, 15) is 13.2 Å². The van der Waals surface area contributed by atoms with Gasteiger partial charge >= 0.3 is 5.63 Å². The van der Waals surface area contributed by atoms with Crippen molar-refractivity contribution in [2.24, 2.45) is 5.10 Å². The molecule has 0 aliphatic heterocycles. The van der Waals surface area contributed by atoms with Crippen LogP contribution in [0.1, 0.15) is 26.3 Å². The molecule has 2 aromatic heterocycles. The number of aromatic nitrogens is 1. The van der Waals surface area contributed by atoms with E-state index in [4.69, 9.17) is 4.42 Å². The molecule has 0 aliphatic carbocycles. The van der Waals surface area contributed by atoms with Crippen LogP contribution in [0, 0.1) is 0 Å². The maximum Gasteiger partial charge on any atom is 0.345 e. The lowest BCUT2D eigenvalue weighted by Gasteiger charge is -2.18. The van der Waals surface area contributed by atoms with Crippen molar-refractivity contribution < 1.29 is 12.8 Å². The van der Waals surface area contributed by atoms with Crippen molar-refractivity contribution in [3.8, 4) is 0 Å². The van der Waals surface area contributed by atoms with Crippen LogP contribution in [0.2, 0.25) is 0 Å². The Bertz CT molecular complexity index is 1200. The Kier molecular flexibility index (Phi) is 6.09. The molecule has 0 bridgehead atoms. The smallest absolute Gasteiger partial charge is 0.345 e. The molecule has 9 heteroatoms. The quantitative estimate of drug-likeness (QED) is 0.362. The lowest BCUT2D eigenvalue weighted by Crippen LogP contribution is -2.30. The SMILES string of the molecule is CCN(CC)S(=O)(=O)c1ccc(N/N=C(/C)c2cc3ccccc3oc2=O)nc1. The van der Waals surface area contributed by atoms with Gasteiger partial charge < -0.3 is 4.42 Å². The van der Waals surface area contributed by atoms with Gasteiger partial charge in [-0.2, -0.15) is 9.41 Å². The number of hydrogen-bond acceptors (Lipinski definition) is 7. The van der Waals surface area contributed by atoms with E-state index in [1.807, 2.05) is 12.1 Å². The number of pyridine rings is 1. The third-order valence-electron chi connectivity index (χ3n) is 4.45. The molecule has 0 amide bonds. The fraction of sp³-hybridized carbons (Fsp3) is 0.250. The van der Waals surface area contributed by atoms with Crippen molar-refractivity contribution >= 4 is 32.5 Å². The number of nitrogens with zero attached hydrogens (tertiary/aromatic N) is 3. The number of benzene rings is 1. The maximum atomic E-state index is 12.5. The molecule has 0 radical (unpaired) electrons. The standard InChI is InChI=1S/C20H22N4O4S/c1-4-24(5-2)29(26,27)16-10-11-19(21-13-16)23-22-14(3)17-12-15-8-6-7-9-18(15)28-20(17)25/h6-13H,4-5H2,1-3H3,(H,21,23)/b22-14-. The third-order valence-corrected chi connectivity index (χ3v) is 6.48. The summed E-state index contributed by atoms with van der Waals surface area (Å²) in [5, 5.41) is 4.97. The summed E-state index contributed by atoms with van der Waals surface area (Å²) in [6, 6.07) is 11.9. The highest BCUT2D eigenvalue weighted by molar-refractivity contribution is 7.89. The fourth-order valence-electron chi connectivity index (χ4n) is 2.83. The summed E-state index contributed by atoms with van der Waals surface area (Å²) < 4.78 is 31.7. The molecule has 29 heavy (non-hydrogen) atoms. The van der Waals surface area contributed by atoms with Gasteiger partial charge in [0.05, 0.1) is 11.3 Å². The number of fused-ring (bicyclic) bond motifs is 1. The first kappa shape index (κ1) is 20.7. The molecule has 3 rings (SSSR count). The normalized spacial score (nSPS) is 12.5. The van der Waals surface area contributed by atoms with E-state index in [2.05, 4.69) is 15.5 Å². The predicted octanol–water partition coefficient (Wildman–Crippen LogP) is 3.05. The minimum Gasteiger partial charge on any atom is -0.422 e. The van der Waals surface area contributed by atoms with Gasteiger partial charge in [-0.25, -0.2) is 18.2 Å². The van der Waals surface area contributed by atoms with Gasteiger partial charge in [-0.05, 0) is 31.2 Å². The van der Waals surface area contributed by atoms with Gasteiger partial charge in [0.2, 0.25) is 10.0 Å². The molecule has 1 N–H and O–H groups in total. The molecule has 0 unspecified atom stereocenters. The molecule has 0 atom stereocenters. The summed E-state index contributed by atoms with van der Waals surface area (Å²) in [4.78, 5) is 16.4. The Hall–Kier alpha value is -3.04. The average Bonchev–Trinajstić information content (AvgIpc) is 2.72. The second kappa shape index (κ2) is 8.54. The number of hydrazone groups is 1. The molecular weight excluding hydrogens is 392 g/mol. The highest BCUT2D eigenvalue weighted by atomic mass is 32.2. The van der Waals surface area contributed by atoms with E-state index in [-0.39, 0.29) is 4.90 Å².